The summed E-state index contributed by atoms with van der Waals surface area (Å²) in [6.07, 6.45) is -4.09. The number of nitrogens with zero attached hydrogens (tertiary/aromatic N) is 3. The van der Waals surface area contributed by atoms with Gasteiger partial charge in [0.05, 0.1) is 63.2 Å². The van der Waals surface area contributed by atoms with E-state index in [1.54, 1.807) is 6.92 Å². The van der Waals surface area contributed by atoms with Gasteiger partial charge in [-0.1, -0.05) is 21.8 Å². The quantitative estimate of drug-likeness (QED) is 0.139. The Labute approximate surface area is 278 Å². The highest BCUT2D eigenvalue weighted by Gasteiger charge is 2.66. The number of carbonyl (C=O) groups is 4. The molecule has 1 heterocycles. The third-order valence-electron chi connectivity index (χ3n) is 7.45. The van der Waals surface area contributed by atoms with Gasteiger partial charge in [0, 0.05) is 21.3 Å². The Kier molecular flexibility index (Phi) is 18.2. The molecule has 8 unspecified atom stereocenters. The van der Waals surface area contributed by atoms with Crippen LogP contribution in [0.2, 0.25) is 0 Å². The topological polar surface area (TPSA) is 230 Å². The van der Waals surface area contributed by atoms with Crippen LogP contribution >= 0.6 is 0 Å². The van der Waals surface area contributed by atoms with Crippen molar-refractivity contribution in [3.8, 4) is 0 Å². The fourth-order valence-corrected chi connectivity index (χ4v) is 5.09. The molecular weight excluding hydrogens is 642 g/mol. The minimum atomic E-state index is -1.68. The lowest BCUT2D eigenvalue weighted by molar-refractivity contribution is -0.204. The molecule has 18 nitrogen and oxygen atoms in total. The molecule has 276 valence electrons. The molecule has 0 amide bonds. The van der Waals surface area contributed by atoms with Crippen LogP contribution in [0.15, 0.2) is 14.4 Å². The van der Waals surface area contributed by atoms with E-state index < -0.39 is 109 Å². The number of aliphatic hydroxyl groups excluding tert-OH is 2. The van der Waals surface area contributed by atoms with E-state index in [2.05, 4.69) is 0 Å². The maximum atomic E-state index is 13.3. The molecule has 2 rings (SSSR count). The maximum Gasteiger partial charge on any atom is 0.336 e. The van der Waals surface area contributed by atoms with Crippen molar-refractivity contribution in [3.05, 3.63) is 31.5 Å². The molecule has 1 saturated carbocycles. The van der Waals surface area contributed by atoms with Crippen molar-refractivity contribution >= 4 is 23.9 Å². The summed E-state index contributed by atoms with van der Waals surface area (Å²) < 4.78 is 32.4. The lowest BCUT2D eigenvalue weighted by Gasteiger charge is -2.45. The second kappa shape index (κ2) is 19.8. The number of carbonyl (C=O) groups excluding carboxylic acids is 4. The van der Waals surface area contributed by atoms with E-state index in [1.807, 2.05) is 0 Å². The van der Waals surface area contributed by atoms with Gasteiger partial charge in [-0.25, -0.2) is 28.1 Å². The van der Waals surface area contributed by atoms with Gasteiger partial charge in [-0.15, -0.1) is 0 Å². The summed E-state index contributed by atoms with van der Waals surface area (Å²) in [5.41, 5.74) is -3.14. The average Bonchev–Trinajstić information content (AvgIpc) is 2.98. The zero-order valence-electron chi connectivity index (χ0n) is 26.9. The Bertz CT molecular complexity index is 1420. The summed E-state index contributed by atoms with van der Waals surface area (Å²) in [6, 6.07) is 0. The molecular formula is C30H51N3O15. The number of esters is 4. The highest BCUT2D eigenvalue weighted by molar-refractivity contribution is 5.97. The average molecular weight is 694 g/mol. The van der Waals surface area contributed by atoms with Gasteiger partial charge in [0.25, 0.3) is 0 Å². The van der Waals surface area contributed by atoms with Crippen molar-refractivity contribution in [1.82, 2.24) is 13.7 Å². The van der Waals surface area contributed by atoms with Gasteiger partial charge in [-0.2, -0.15) is 0 Å². The first-order valence-corrected chi connectivity index (χ1v) is 14.5. The zero-order chi connectivity index (χ0) is 34.9. The number of aliphatic hydroxyl groups is 2. The standard InChI is InChI=1S/C28H43N3O15.2CH4/c1-8-16(32)9-30-26(38)29(4)27(39)31(28(30)40)10-17(33)13-44-23(35)19-18(22(34)43-7)20(24(36)45-14(2)11-41-5)21(19)25(37)46-15(3)12-42-6;;/h14-21,32-33H,8-13H2,1-7H3;2*1H4. The van der Waals surface area contributed by atoms with Gasteiger partial charge in [-0.05, 0) is 20.3 Å². The van der Waals surface area contributed by atoms with E-state index >= 15 is 0 Å². The molecule has 0 aromatic carbocycles. The second-order valence-electron chi connectivity index (χ2n) is 11.0. The summed E-state index contributed by atoms with van der Waals surface area (Å²) in [7, 11) is 4.88. The fourth-order valence-electron chi connectivity index (χ4n) is 5.09. The van der Waals surface area contributed by atoms with Gasteiger partial charge >= 0.3 is 40.9 Å². The molecule has 0 spiro atoms. The van der Waals surface area contributed by atoms with Crippen molar-refractivity contribution in [2.24, 2.45) is 30.7 Å². The molecule has 48 heavy (non-hydrogen) atoms. The molecule has 1 aromatic heterocycles. The maximum absolute atomic E-state index is 13.3. The second-order valence-corrected chi connectivity index (χ2v) is 11.0. The molecule has 0 aliphatic heterocycles. The van der Waals surface area contributed by atoms with Crippen molar-refractivity contribution in [3.63, 3.8) is 0 Å². The van der Waals surface area contributed by atoms with E-state index in [0.29, 0.717) is 13.7 Å². The number of ether oxygens (including phenoxy) is 6. The van der Waals surface area contributed by atoms with Crippen molar-refractivity contribution in [2.45, 2.75) is 79.6 Å². The first kappa shape index (κ1) is 44.1. The van der Waals surface area contributed by atoms with Crippen LogP contribution in [-0.2, 0) is 67.7 Å². The molecule has 2 N–H and O–H groups in total. The van der Waals surface area contributed by atoms with Crippen LogP contribution in [0.1, 0.15) is 42.0 Å². The lowest BCUT2D eigenvalue weighted by Crippen LogP contribution is -2.61. The van der Waals surface area contributed by atoms with Crippen LogP contribution in [0.3, 0.4) is 0 Å². The number of aromatic nitrogens is 3. The van der Waals surface area contributed by atoms with Gasteiger partial charge < -0.3 is 38.6 Å². The van der Waals surface area contributed by atoms with Crippen LogP contribution in [0.4, 0.5) is 0 Å². The summed E-state index contributed by atoms with van der Waals surface area (Å²) >= 11 is 0. The third kappa shape index (κ3) is 10.3. The summed E-state index contributed by atoms with van der Waals surface area (Å²) in [5.74, 6) is -10.3. The predicted octanol–water partition coefficient (Wildman–Crippen LogP) is -1.54. The van der Waals surface area contributed by atoms with Crippen LogP contribution in [0.5, 0.6) is 0 Å². The molecule has 0 radical (unpaired) electrons. The third-order valence-corrected chi connectivity index (χ3v) is 7.45. The van der Waals surface area contributed by atoms with Gasteiger partial charge in [0.1, 0.15) is 24.9 Å². The molecule has 1 aliphatic carbocycles. The highest BCUT2D eigenvalue weighted by atomic mass is 16.6. The van der Waals surface area contributed by atoms with Crippen molar-refractivity contribution < 1.29 is 57.8 Å². The van der Waals surface area contributed by atoms with E-state index in [4.69, 9.17) is 28.4 Å². The van der Waals surface area contributed by atoms with Crippen LogP contribution < -0.4 is 17.1 Å². The molecule has 0 saturated heterocycles. The van der Waals surface area contributed by atoms with Crippen LogP contribution in [0.25, 0.3) is 0 Å². The molecule has 0 bridgehead atoms. The van der Waals surface area contributed by atoms with Gasteiger partial charge in [-0.3, -0.25) is 19.2 Å². The first-order valence-electron chi connectivity index (χ1n) is 14.5. The van der Waals surface area contributed by atoms with Crippen molar-refractivity contribution in [1.29, 1.82) is 0 Å². The summed E-state index contributed by atoms with van der Waals surface area (Å²) in [4.78, 5) is 90.4. The van der Waals surface area contributed by atoms with Crippen molar-refractivity contribution in [2.75, 3.05) is 41.2 Å². The number of methoxy groups -OCH3 is 3. The minimum absolute atomic E-state index is 0. The van der Waals surface area contributed by atoms with E-state index in [1.165, 1.54) is 28.1 Å². The molecule has 1 aromatic rings. The Morgan fingerprint density at radius 3 is 1.46 bits per heavy atom. The highest BCUT2D eigenvalue weighted by Crippen LogP contribution is 2.49. The first-order chi connectivity index (χ1) is 21.6. The Hall–Kier alpha value is -3.87. The normalized spacial score (nSPS) is 20.8. The minimum Gasteiger partial charge on any atom is -0.469 e. The summed E-state index contributed by atoms with van der Waals surface area (Å²) in [6.45, 7) is 2.70. The van der Waals surface area contributed by atoms with Gasteiger partial charge in [0.2, 0.25) is 0 Å². The van der Waals surface area contributed by atoms with Crippen LogP contribution in [0, 0.1) is 23.7 Å². The van der Waals surface area contributed by atoms with Gasteiger partial charge in [0.15, 0.2) is 0 Å². The number of hydrogen-bond acceptors (Lipinski definition) is 15. The summed E-state index contributed by atoms with van der Waals surface area (Å²) in [5, 5.41) is 20.6. The Balaban J connectivity index is 0.0000110. The molecule has 1 aliphatic rings. The number of rotatable bonds is 17. The monoisotopic (exact) mass is 693 g/mol. The molecule has 8 atom stereocenters. The zero-order valence-corrected chi connectivity index (χ0v) is 26.9. The fraction of sp³-hybridized carbons (Fsp3) is 0.767. The molecule has 18 heteroatoms. The van der Waals surface area contributed by atoms with E-state index in [0.717, 1.165) is 14.2 Å². The number of hydrogen-bond donors (Lipinski definition) is 2. The van der Waals surface area contributed by atoms with E-state index in [9.17, 15) is 43.8 Å². The Morgan fingerprint density at radius 1 is 0.667 bits per heavy atom. The predicted molar refractivity (Wildman–Crippen MR) is 168 cm³/mol. The SMILES string of the molecule is C.C.CCC(O)Cn1c(=O)n(C)c(=O)n(CC(O)COC(=O)C2C(C(=O)OC)C(C(=O)OC(C)COC)C2C(=O)OC(C)COC)c1=O. The van der Waals surface area contributed by atoms with E-state index in [-0.39, 0.29) is 34.5 Å². The smallest absolute Gasteiger partial charge is 0.336 e. The lowest BCUT2D eigenvalue weighted by atomic mass is 9.56. The largest absolute Gasteiger partial charge is 0.469 e. The van der Waals surface area contributed by atoms with Crippen LogP contribution in [-0.4, -0.2) is 113 Å². The molecule has 1 fully saturated rings. The Morgan fingerprint density at radius 2 is 1.06 bits per heavy atom.